The number of carboxylic acids is 1. The van der Waals surface area contributed by atoms with Crippen molar-refractivity contribution in [3.05, 3.63) is 59.2 Å². The number of rotatable bonds is 1. The third-order valence-corrected chi connectivity index (χ3v) is 3.25. The van der Waals surface area contributed by atoms with Gasteiger partial charge in [-0.1, -0.05) is 30.3 Å². The van der Waals surface area contributed by atoms with Crippen LogP contribution in [0.3, 0.4) is 0 Å². The number of hydrogen-bond donors (Lipinski definition) is 1. The Kier molecular flexibility index (Phi) is 3.06. The van der Waals surface area contributed by atoms with Crippen molar-refractivity contribution in [1.82, 2.24) is 0 Å². The molecule has 0 bridgehead atoms. The zero-order chi connectivity index (χ0) is 14.1. The Morgan fingerprint density at radius 2 is 1.80 bits per heavy atom. The van der Waals surface area contributed by atoms with E-state index in [0.29, 0.717) is 17.9 Å². The maximum Gasteiger partial charge on any atom is 0.387 e. The minimum Gasteiger partial charge on any atom is -0.476 e. The Morgan fingerprint density at radius 3 is 2.60 bits per heavy atom. The summed E-state index contributed by atoms with van der Waals surface area (Å²) >= 11 is 0. The van der Waals surface area contributed by atoms with Crippen LogP contribution in [-0.2, 0) is 11.2 Å². The molecule has 2 aromatic carbocycles. The Labute approximate surface area is 116 Å². The third-order valence-electron chi connectivity index (χ3n) is 3.25. The van der Waals surface area contributed by atoms with Gasteiger partial charge in [0.15, 0.2) is 0 Å². The average molecular weight is 270 g/mol. The van der Waals surface area contributed by atoms with E-state index in [0.717, 1.165) is 16.7 Å². The van der Waals surface area contributed by atoms with Gasteiger partial charge in [-0.2, -0.15) is 0 Å². The predicted molar refractivity (Wildman–Crippen MR) is 73.1 cm³/mol. The fourth-order valence-electron chi connectivity index (χ4n) is 2.24. The molecular formula is C16H14O4. The van der Waals surface area contributed by atoms with Gasteiger partial charge < -0.3 is 14.6 Å². The average Bonchev–Trinajstić information content (AvgIpc) is 2.40. The third kappa shape index (κ3) is 2.32. The quantitative estimate of drug-likeness (QED) is 0.865. The van der Waals surface area contributed by atoms with Gasteiger partial charge in [-0.15, -0.1) is 0 Å². The number of carbonyl (C=O) groups is 1. The summed E-state index contributed by atoms with van der Waals surface area (Å²) in [7, 11) is 0. The lowest BCUT2D eigenvalue weighted by molar-refractivity contribution is -0.158. The van der Waals surface area contributed by atoms with E-state index in [2.05, 4.69) is 0 Å². The van der Waals surface area contributed by atoms with Crippen LogP contribution in [0.25, 0.3) is 0 Å². The van der Waals surface area contributed by atoms with Gasteiger partial charge in [0.2, 0.25) is 0 Å². The van der Waals surface area contributed by atoms with Crippen LogP contribution in [0.1, 0.15) is 16.7 Å². The molecule has 0 fully saturated rings. The highest BCUT2D eigenvalue weighted by Gasteiger charge is 2.26. The molecule has 1 aliphatic heterocycles. The van der Waals surface area contributed by atoms with Crippen LogP contribution in [0.15, 0.2) is 42.5 Å². The first-order valence-corrected chi connectivity index (χ1v) is 6.37. The van der Waals surface area contributed by atoms with Crippen LogP contribution < -0.4 is 9.47 Å². The maximum absolute atomic E-state index is 11.3. The lowest BCUT2D eigenvalue weighted by atomic mass is 10.0. The zero-order valence-corrected chi connectivity index (χ0v) is 11.0. The van der Waals surface area contributed by atoms with Crippen molar-refractivity contribution in [2.75, 3.05) is 0 Å². The van der Waals surface area contributed by atoms with E-state index in [1.165, 1.54) is 0 Å². The molecule has 4 heteroatoms. The van der Waals surface area contributed by atoms with E-state index >= 15 is 0 Å². The number of hydrogen-bond acceptors (Lipinski definition) is 3. The van der Waals surface area contributed by atoms with E-state index in [9.17, 15) is 9.90 Å². The summed E-state index contributed by atoms with van der Waals surface area (Å²) in [5.41, 5.74) is 2.92. The Morgan fingerprint density at radius 1 is 1.10 bits per heavy atom. The minimum atomic E-state index is -1.34. The Bertz CT molecular complexity index is 663. The van der Waals surface area contributed by atoms with Gasteiger partial charge in [0.1, 0.15) is 11.5 Å². The molecule has 0 radical (unpaired) electrons. The second-order valence-electron chi connectivity index (χ2n) is 4.80. The lowest BCUT2D eigenvalue weighted by Gasteiger charge is -2.23. The van der Waals surface area contributed by atoms with Crippen LogP contribution in [0.5, 0.6) is 11.5 Å². The molecule has 3 rings (SSSR count). The first-order chi connectivity index (χ1) is 9.63. The summed E-state index contributed by atoms with van der Waals surface area (Å²) < 4.78 is 11.0. The number of para-hydroxylation sites is 1. The summed E-state index contributed by atoms with van der Waals surface area (Å²) in [4.78, 5) is 11.3. The van der Waals surface area contributed by atoms with Crippen molar-refractivity contribution in [2.45, 2.75) is 19.6 Å². The molecular weight excluding hydrogens is 256 g/mol. The minimum absolute atomic E-state index is 0.547. The molecule has 1 aliphatic rings. The van der Waals surface area contributed by atoms with Gasteiger partial charge >= 0.3 is 12.3 Å². The summed E-state index contributed by atoms with van der Waals surface area (Å²) in [6, 6.07) is 13.2. The van der Waals surface area contributed by atoms with Crippen molar-refractivity contribution in [3.63, 3.8) is 0 Å². The highest BCUT2D eigenvalue weighted by Crippen LogP contribution is 2.31. The number of benzene rings is 2. The second-order valence-corrected chi connectivity index (χ2v) is 4.80. The molecule has 102 valence electrons. The van der Waals surface area contributed by atoms with Crippen LogP contribution >= 0.6 is 0 Å². The molecule has 1 N–H and O–H groups in total. The first kappa shape index (κ1) is 12.5. The summed E-state index contributed by atoms with van der Waals surface area (Å²) in [5, 5.41) is 9.23. The molecule has 0 saturated carbocycles. The van der Waals surface area contributed by atoms with Gasteiger partial charge in [0, 0.05) is 6.42 Å². The highest BCUT2D eigenvalue weighted by molar-refractivity contribution is 5.72. The van der Waals surface area contributed by atoms with Crippen molar-refractivity contribution in [2.24, 2.45) is 0 Å². The molecule has 1 unspecified atom stereocenters. The van der Waals surface area contributed by atoms with Gasteiger partial charge in [-0.05, 0) is 35.7 Å². The molecule has 0 saturated heterocycles. The molecule has 0 spiro atoms. The van der Waals surface area contributed by atoms with E-state index in [4.69, 9.17) is 9.47 Å². The van der Waals surface area contributed by atoms with Crippen LogP contribution in [0.4, 0.5) is 0 Å². The normalized spacial score (nSPS) is 16.8. The van der Waals surface area contributed by atoms with E-state index in [1.807, 2.05) is 43.3 Å². The van der Waals surface area contributed by atoms with Gasteiger partial charge in [0.25, 0.3) is 0 Å². The van der Waals surface area contributed by atoms with Crippen molar-refractivity contribution in [3.8, 4) is 11.5 Å². The summed E-state index contributed by atoms with van der Waals surface area (Å²) in [6.45, 7) is 1.94. The number of fused-ring (bicyclic) bond motifs is 2. The Balaban J connectivity index is 2.11. The fraction of sp³-hybridized carbons (Fsp3) is 0.188. The number of aryl methyl sites for hydroxylation is 1. The van der Waals surface area contributed by atoms with E-state index in [1.54, 1.807) is 6.07 Å². The number of aliphatic carboxylic acids is 1. The molecule has 2 aromatic rings. The summed E-state index contributed by atoms with van der Waals surface area (Å²) in [6.07, 6.45) is -0.685. The number of ether oxygens (including phenoxy) is 2. The van der Waals surface area contributed by atoms with E-state index < -0.39 is 12.3 Å². The molecule has 0 aliphatic carbocycles. The van der Waals surface area contributed by atoms with Crippen molar-refractivity contribution < 1.29 is 19.4 Å². The lowest BCUT2D eigenvalue weighted by Crippen LogP contribution is -2.34. The van der Waals surface area contributed by atoms with Gasteiger partial charge in [0.05, 0.1) is 0 Å². The molecule has 4 nitrogen and oxygen atoms in total. The van der Waals surface area contributed by atoms with Crippen LogP contribution in [-0.4, -0.2) is 17.4 Å². The van der Waals surface area contributed by atoms with E-state index in [-0.39, 0.29) is 0 Å². The van der Waals surface area contributed by atoms with Crippen molar-refractivity contribution in [1.29, 1.82) is 0 Å². The number of carboxylic acid groups (broad SMARTS) is 1. The fourth-order valence-corrected chi connectivity index (χ4v) is 2.24. The Hall–Kier alpha value is -2.49. The maximum atomic E-state index is 11.3. The largest absolute Gasteiger partial charge is 0.476 e. The monoisotopic (exact) mass is 270 g/mol. The molecule has 20 heavy (non-hydrogen) atoms. The van der Waals surface area contributed by atoms with Crippen LogP contribution in [0.2, 0.25) is 0 Å². The van der Waals surface area contributed by atoms with Gasteiger partial charge in [-0.25, -0.2) is 4.79 Å². The molecule has 1 heterocycles. The first-order valence-electron chi connectivity index (χ1n) is 6.37. The second kappa shape index (κ2) is 4.89. The van der Waals surface area contributed by atoms with Crippen LogP contribution in [0, 0.1) is 6.92 Å². The van der Waals surface area contributed by atoms with Gasteiger partial charge in [-0.3, -0.25) is 0 Å². The summed E-state index contributed by atoms with van der Waals surface area (Å²) in [5.74, 6) is -0.0350. The topological polar surface area (TPSA) is 55.8 Å². The van der Waals surface area contributed by atoms with Crippen molar-refractivity contribution >= 4 is 5.97 Å². The zero-order valence-electron chi connectivity index (χ0n) is 11.0. The standard InChI is InChI=1S/C16H14O4/c1-10-6-7-12-9-11-4-2-3-5-13(11)19-16(15(17)18)20-14(12)8-10/h2-8,16H,9H2,1H3,(H,17,18). The molecule has 1 atom stereocenters. The predicted octanol–water partition coefficient (Wildman–Crippen LogP) is 2.77. The molecule has 0 aromatic heterocycles. The smallest absolute Gasteiger partial charge is 0.387 e. The molecule has 0 amide bonds. The highest BCUT2D eigenvalue weighted by atomic mass is 16.7. The SMILES string of the molecule is Cc1ccc2c(c1)OC(C(=O)O)Oc1ccccc1C2.